The summed E-state index contributed by atoms with van der Waals surface area (Å²) in [5, 5.41) is 0. The first-order valence-electron chi connectivity index (χ1n) is 6.07. The van der Waals surface area contributed by atoms with E-state index in [4.69, 9.17) is 0 Å². The van der Waals surface area contributed by atoms with Gasteiger partial charge in [0.15, 0.2) is 0 Å². The average Bonchev–Trinajstić information content (AvgIpc) is 3.05. The monoisotopic (exact) mass is 239 g/mol. The number of aromatic amines is 1. The van der Waals surface area contributed by atoms with Gasteiger partial charge in [0.1, 0.15) is 0 Å². The smallest absolute Gasteiger partial charge is 0.237 e. The van der Waals surface area contributed by atoms with Gasteiger partial charge < -0.3 is 9.88 Å². The summed E-state index contributed by atoms with van der Waals surface area (Å²) in [7, 11) is 0. The Hall–Kier alpha value is -2.28. The molecule has 1 fully saturated rings. The first kappa shape index (κ1) is 10.8. The molecule has 18 heavy (non-hydrogen) atoms. The van der Waals surface area contributed by atoms with E-state index in [-0.39, 0.29) is 5.78 Å². The molecule has 4 heteroatoms. The van der Waals surface area contributed by atoms with E-state index in [1.54, 1.807) is 18.5 Å². The molecule has 1 aromatic carbocycles. The van der Waals surface area contributed by atoms with Gasteiger partial charge in [0.25, 0.3) is 0 Å². The van der Waals surface area contributed by atoms with Crippen LogP contribution in [0.1, 0.15) is 23.2 Å². The summed E-state index contributed by atoms with van der Waals surface area (Å²) in [6.45, 7) is 1.94. The summed E-state index contributed by atoms with van der Waals surface area (Å²) in [5.74, 6) is 2.56. The van der Waals surface area contributed by atoms with E-state index in [0.717, 1.165) is 24.1 Å². The zero-order chi connectivity index (χ0) is 12.4. The van der Waals surface area contributed by atoms with Gasteiger partial charge in [-0.05, 0) is 37.0 Å². The second-order valence-electron chi connectivity index (χ2n) is 4.39. The minimum Gasteiger partial charge on any atom is -0.345 e. The van der Waals surface area contributed by atoms with Crippen molar-refractivity contribution in [1.82, 2.24) is 14.9 Å². The van der Waals surface area contributed by atoms with Crippen molar-refractivity contribution in [2.24, 2.45) is 0 Å². The summed E-state index contributed by atoms with van der Waals surface area (Å²) in [6.07, 6.45) is 3.96. The van der Waals surface area contributed by atoms with Crippen molar-refractivity contribution < 1.29 is 4.79 Å². The Morgan fingerprint density at radius 3 is 3.00 bits per heavy atom. The highest BCUT2D eigenvalue weighted by molar-refractivity contribution is 6.10. The fourth-order valence-corrected chi connectivity index (χ4v) is 2.11. The summed E-state index contributed by atoms with van der Waals surface area (Å²) < 4.78 is 0. The van der Waals surface area contributed by atoms with Gasteiger partial charge in [0.2, 0.25) is 5.78 Å². The van der Waals surface area contributed by atoms with Crippen LogP contribution in [0.4, 0.5) is 0 Å². The molecule has 1 aliphatic rings. The molecule has 1 aliphatic heterocycles. The number of ketones is 1. The first-order valence-corrected chi connectivity index (χ1v) is 6.07. The normalized spacial score (nSPS) is 14.6. The predicted octanol–water partition coefficient (Wildman–Crippen LogP) is 1.80. The first-order chi connectivity index (χ1) is 8.83. The van der Waals surface area contributed by atoms with Crippen LogP contribution in [0.25, 0.3) is 11.0 Å². The molecule has 0 amide bonds. The lowest BCUT2D eigenvalue weighted by Gasteiger charge is -2.04. The Balaban J connectivity index is 1.82. The minimum absolute atomic E-state index is 0.140. The Morgan fingerprint density at radius 2 is 2.17 bits per heavy atom. The largest absolute Gasteiger partial charge is 0.345 e. The number of hydrogen-bond acceptors (Lipinski definition) is 3. The molecule has 0 radical (unpaired) electrons. The van der Waals surface area contributed by atoms with Gasteiger partial charge in [0.05, 0.1) is 17.4 Å². The number of fused-ring (bicyclic) bond motifs is 1. The lowest BCUT2D eigenvalue weighted by Crippen LogP contribution is -2.12. The van der Waals surface area contributed by atoms with Crippen LogP contribution in [0, 0.1) is 12.0 Å². The summed E-state index contributed by atoms with van der Waals surface area (Å²) >= 11 is 0. The predicted molar refractivity (Wildman–Crippen MR) is 69.0 cm³/mol. The molecule has 1 N–H and O–H groups in total. The number of H-pyrrole nitrogens is 1. The number of carbonyl (C=O) groups excluding carboxylic acids is 1. The second kappa shape index (κ2) is 4.53. The number of rotatable bonds is 1. The highest BCUT2D eigenvalue weighted by Gasteiger charge is 2.08. The van der Waals surface area contributed by atoms with E-state index < -0.39 is 0 Å². The van der Waals surface area contributed by atoms with Crippen LogP contribution in [-0.4, -0.2) is 33.7 Å². The number of benzene rings is 1. The van der Waals surface area contributed by atoms with E-state index in [1.165, 1.54) is 12.8 Å². The second-order valence-corrected chi connectivity index (χ2v) is 4.39. The topological polar surface area (TPSA) is 49.0 Å². The Labute approximate surface area is 105 Å². The van der Waals surface area contributed by atoms with Gasteiger partial charge in [-0.2, -0.15) is 0 Å². The highest BCUT2D eigenvalue weighted by atomic mass is 16.1. The zero-order valence-corrected chi connectivity index (χ0v) is 9.94. The third-order valence-electron chi connectivity index (χ3n) is 3.12. The highest BCUT2D eigenvalue weighted by Crippen LogP contribution is 2.12. The molecule has 90 valence electrons. The maximum Gasteiger partial charge on any atom is 0.237 e. The molecule has 2 heterocycles. The number of imidazole rings is 1. The molecule has 4 nitrogen and oxygen atoms in total. The lowest BCUT2D eigenvalue weighted by molar-refractivity contribution is 0.105. The standard InChI is InChI=1S/C14H13N3O/c18-14(5-8-17-6-1-2-7-17)11-3-4-12-13(9-11)16-10-15-12/h3-4,9-10H,1-2,6-7H2,(H,15,16). The molecule has 0 atom stereocenters. The minimum atomic E-state index is -0.140. The summed E-state index contributed by atoms with van der Waals surface area (Å²) in [4.78, 5) is 21.0. The Bertz CT molecular complexity index is 642. The molecule has 0 saturated carbocycles. The van der Waals surface area contributed by atoms with Crippen molar-refractivity contribution in [3.63, 3.8) is 0 Å². The fraction of sp³-hybridized carbons (Fsp3) is 0.286. The van der Waals surface area contributed by atoms with Crippen molar-refractivity contribution in [3.8, 4) is 12.0 Å². The van der Waals surface area contributed by atoms with Gasteiger partial charge >= 0.3 is 0 Å². The van der Waals surface area contributed by atoms with Crippen LogP contribution in [0.15, 0.2) is 24.5 Å². The van der Waals surface area contributed by atoms with Crippen molar-refractivity contribution in [1.29, 1.82) is 0 Å². The quantitative estimate of drug-likeness (QED) is 0.610. The van der Waals surface area contributed by atoms with Gasteiger partial charge in [0, 0.05) is 24.7 Å². The molecule has 3 rings (SSSR count). The molecular weight excluding hydrogens is 226 g/mol. The van der Waals surface area contributed by atoms with E-state index in [9.17, 15) is 4.79 Å². The van der Waals surface area contributed by atoms with Crippen LogP contribution >= 0.6 is 0 Å². The number of hydrogen-bond donors (Lipinski definition) is 1. The average molecular weight is 239 g/mol. The summed E-state index contributed by atoms with van der Waals surface area (Å²) in [6, 6.07) is 8.32. The number of likely N-dealkylation sites (tertiary alicyclic amines) is 1. The third kappa shape index (κ3) is 2.07. The number of nitrogens with zero attached hydrogens (tertiary/aromatic N) is 2. The Kier molecular flexibility index (Phi) is 2.73. The number of carbonyl (C=O) groups is 1. The van der Waals surface area contributed by atoms with Gasteiger partial charge in [-0.3, -0.25) is 4.79 Å². The maximum absolute atomic E-state index is 11.9. The number of aromatic nitrogens is 2. The molecule has 1 saturated heterocycles. The third-order valence-corrected chi connectivity index (χ3v) is 3.12. The zero-order valence-electron chi connectivity index (χ0n) is 9.94. The van der Waals surface area contributed by atoms with E-state index in [1.807, 2.05) is 11.0 Å². The molecule has 0 spiro atoms. The molecule has 2 aromatic rings. The van der Waals surface area contributed by atoms with Crippen LogP contribution in [0.5, 0.6) is 0 Å². The molecule has 0 bridgehead atoms. The SMILES string of the molecule is O=C(C#CN1CCCC1)c1ccc2nc[nH]c2c1. The fourth-order valence-electron chi connectivity index (χ4n) is 2.11. The summed E-state index contributed by atoms with van der Waals surface area (Å²) in [5.41, 5.74) is 2.33. The van der Waals surface area contributed by atoms with Crippen LogP contribution in [-0.2, 0) is 0 Å². The van der Waals surface area contributed by atoms with Crippen LogP contribution < -0.4 is 0 Å². The lowest BCUT2D eigenvalue weighted by atomic mass is 10.1. The van der Waals surface area contributed by atoms with Gasteiger partial charge in [-0.25, -0.2) is 4.98 Å². The van der Waals surface area contributed by atoms with Crippen molar-refractivity contribution in [2.45, 2.75) is 12.8 Å². The molecule has 0 unspecified atom stereocenters. The van der Waals surface area contributed by atoms with Crippen molar-refractivity contribution >= 4 is 16.8 Å². The van der Waals surface area contributed by atoms with Crippen LogP contribution in [0.3, 0.4) is 0 Å². The van der Waals surface area contributed by atoms with Gasteiger partial charge in [-0.15, -0.1) is 0 Å². The number of Topliss-reactive ketones (excluding diaryl/α,β-unsaturated/α-hetero) is 1. The van der Waals surface area contributed by atoms with Crippen molar-refractivity contribution in [3.05, 3.63) is 30.1 Å². The number of nitrogens with one attached hydrogen (secondary N) is 1. The van der Waals surface area contributed by atoms with Crippen LogP contribution in [0.2, 0.25) is 0 Å². The Morgan fingerprint density at radius 1 is 1.33 bits per heavy atom. The van der Waals surface area contributed by atoms with Gasteiger partial charge in [-0.1, -0.05) is 0 Å². The molecule has 0 aliphatic carbocycles. The van der Waals surface area contributed by atoms with E-state index in [2.05, 4.69) is 21.9 Å². The van der Waals surface area contributed by atoms with E-state index >= 15 is 0 Å². The maximum atomic E-state index is 11.9. The van der Waals surface area contributed by atoms with E-state index in [0.29, 0.717) is 5.56 Å². The molecule has 1 aromatic heterocycles. The molecular formula is C14H13N3O. The van der Waals surface area contributed by atoms with Crippen molar-refractivity contribution in [2.75, 3.05) is 13.1 Å².